The number of aromatic nitrogens is 2. The van der Waals surface area contributed by atoms with Gasteiger partial charge in [0.05, 0.1) is 12.9 Å². The third-order valence-electron chi connectivity index (χ3n) is 2.80. The molecular weight excluding hydrogens is 276 g/mol. The van der Waals surface area contributed by atoms with E-state index in [1.807, 2.05) is 0 Å². The highest BCUT2D eigenvalue weighted by atomic mass is 16.4. The molecule has 0 bridgehead atoms. The summed E-state index contributed by atoms with van der Waals surface area (Å²) in [6.07, 6.45) is 3.09. The van der Waals surface area contributed by atoms with Crippen molar-refractivity contribution in [2.75, 3.05) is 0 Å². The predicted octanol–water partition coefficient (Wildman–Crippen LogP) is 0.806. The summed E-state index contributed by atoms with van der Waals surface area (Å²) < 4.78 is 5.30. The van der Waals surface area contributed by atoms with Gasteiger partial charge in [0.1, 0.15) is 17.6 Å². The Morgan fingerprint density at radius 2 is 2.29 bits per heavy atom. The minimum absolute atomic E-state index is 0.128. The Balaban J connectivity index is 1.84. The molecule has 0 unspecified atom stereocenters. The molecule has 8 nitrogen and oxygen atoms in total. The number of carbonyl (C=O) groups excluding carboxylic acids is 1. The van der Waals surface area contributed by atoms with Gasteiger partial charge in [-0.1, -0.05) is 0 Å². The number of urea groups is 1. The normalized spacial score (nSPS) is 11.9. The van der Waals surface area contributed by atoms with Gasteiger partial charge in [0.15, 0.2) is 0 Å². The largest absolute Gasteiger partial charge is 0.480 e. The number of hydrogen-bond acceptors (Lipinski definition) is 4. The molecule has 0 saturated carbocycles. The highest BCUT2D eigenvalue weighted by molar-refractivity contribution is 5.82. The molecule has 8 heteroatoms. The Hall–Kier alpha value is -2.77. The van der Waals surface area contributed by atoms with E-state index in [1.165, 1.54) is 12.5 Å². The van der Waals surface area contributed by atoms with Gasteiger partial charge in [0.25, 0.3) is 0 Å². The minimum Gasteiger partial charge on any atom is -0.480 e. The molecule has 2 heterocycles. The number of furan rings is 1. The van der Waals surface area contributed by atoms with Gasteiger partial charge in [0.2, 0.25) is 0 Å². The zero-order valence-corrected chi connectivity index (χ0v) is 11.4. The van der Waals surface area contributed by atoms with Crippen molar-refractivity contribution in [2.45, 2.75) is 25.9 Å². The lowest BCUT2D eigenvalue weighted by Gasteiger charge is -2.14. The lowest BCUT2D eigenvalue weighted by molar-refractivity contribution is -0.139. The molecule has 0 aliphatic carbocycles. The number of carboxylic acids is 1. The van der Waals surface area contributed by atoms with Crippen LogP contribution in [0.5, 0.6) is 0 Å². The monoisotopic (exact) mass is 292 g/mol. The van der Waals surface area contributed by atoms with E-state index in [-0.39, 0.29) is 13.0 Å². The van der Waals surface area contributed by atoms with Crippen molar-refractivity contribution in [3.63, 3.8) is 0 Å². The summed E-state index contributed by atoms with van der Waals surface area (Å²) in [7, 11) is 0. The van der Waals surface area contributed by atoms with Crippen molar-refractivity contribution in [2.24, 2.45) is 0 Å². The smallest absolute Gasteiger partial charge is 0.326 e. The van der Waals surface area contributed by atoms with Gasteiger partial charge in [0, 0.05) is 18.3 Å². The van der Waals surface area contributed by atoms with Gasteiger partial charge in [-0.15, -0.1) is 0 Å². The van der Waals surface area contributed by atoms with Crippen molar-refractivity contribution in [3.05, 3.63) is 41.9 Å². The maximum Gasteiger partial charge on any atom is 0.326 e. The Kier molecular flexibility index (Phi) is 4.60. The number of rotatable bonds is 6. The molecular formula is C13H16N4O4. The number of carbonyl (C=O) groups is 2. The first-order chi connectivity index (χ1) is 10.0. The first kappa shape index (κ1) is 14.6. The average Bonchev–Trinajstić information content (AvgIpc) is 3.07. The van der Waals surface area contributed by atoms with Crippen molar-refractivity contribution >= 4 is 12.0 Å². The molecule has 0 saturated heterocycles. The fourth-order valence-electron chi connectivity index (χ4n) is 1.77. The van der Waals surface area contributed by atoms with Crippen LogP contribution < -0.4 is 10.6 Å². The number of nitrogens with one attached hydrogen (secondary N) is 3. The Labute approximate surface area is 120 Å². The van der Waals surface area contributed by atoms with Crippen LogP contribution in [0, 0.1) is 6.92 Å². The van der Waals surface area contributed by atoms with Gasteiger partial charge < -0.3 is 25.1 Å². The first-order valence-corrected chi connectivity index (χ1v) is 6.34. The molecule has 2 rings (SSSR count). The topological polar surface area (TPSA) is 120 Å². The number of hydrogen-bond donors (Lipinski definition) is 4. The van der Waals surface area contributed by atoms with E-state index in [0.717, 1.165) is 5.76 Å². The number of aromatic amines is 1. The molecule has 21 heavy (non-hydrogen) atoms. The van der Waals surface area contributed by atoms with Crippen LogP contribution in [0.1, 0.15) is 17.2 Å². The number of carboxylic acid groups (broad SMARTS) is 1. The van der Waals surface area contributed by atoms with E-state index in [4.69, 9.17) is 9.52 Å². The average molecular weight is 292 g/mol. The summed E-state index contributed by atoms with van der Waals surface area (Å²) in [5, 5.41) is 14.1. The Morgan fingerprint density at radius 3 is 2.86 bits per heavy atom. The molecule has 0 aromatic carbocycles. The van der Waals surface area contributed by atoms with Crippen LogP contribution in [0.2, 0.25) is 0 Å². The zero-order chi connectivity index (χ0) is 15.2. The number of H-pyrrole nitrogens is 1. The number of aryl methyl sites for hydroxylation is 1. The maximum atomic E-state index is 11.7. The molecule has 0 aliphatic rings. The second kappa shape index (κ2) is 6.60. The maximum absolute atomic E-state index is 11.7. The molecule has 112 valence electrons. The first-order valence-electron chi connectivity index (χ1n) is 6.34. The van der Waals surface area contributed by atoms with Crippen molar-refractivity contribution < 1.29 is 19.1 Å². The van der Waals surface area contributed by atoms with E-state index in [9.17, 15) is 9.59 Å². The van der Waals surface area contributed by atoms with Crippen LogP contribution in [-0.4, -0.2) is 33.1 Å². The lowest BCUT2D eigenvalue weighted by Crippen LogP contribution is -2.46. The summed E-state index contributed by atoms with van der Waals surface area (Å²) >= 11 is 0. The summed E-state index contributed by atoms with van der Waals surface area (Å²) in [5.41, 5.74) is 0.629. The number of imidazole rings is 1. The predicted molar refractivity (Wildman–Crippen MR) is 72.5 cm³/mol. The van der Waals surface area contributed by atoms with Crippen LogP contribution in [-0.2, 0) is 17.8 Å². The summed E-state index contributed by atoms with van der Waals surface area (Å²) in [6.45, 7) is 1.99. The summed E-state index contributed by atoms with van der Waals surface area (Å²) in [6, 6.07) is 1.92. The van der Waals surface area contributed by atoms with Crippen molar-refractivity contribution in [1.82, 2.24) is 20.6 Å². The molecule has 0 spiro atoms. The highest BCUT2D eigenvalue weighted by Crippen LogP contribution is 2.05. The van der Waals surface area contributed by atoms with Gasteiger partial charge in [-0.25, -0.2) is 14.6 Å². The third kappa shape index (κ3) is 4.37. The van der Waals surface area contributed by atoms with E-state index >= 15 is 0 Å². The van der Waals surface area contributed by atoms with Gasteiger partial charge in [-0.3, -0.25) is 0 Å². The summed E-state index contributed by atoms with van der Waals surface area (Å²) in [5.74, 6) is 0.228. The van der Waals surface area contributed by atoms with Gasteiger partial charge in [-0.2, -0.15) is 0 Å². The van der Waals surface area contributed by atoms with E-state index < -0.39 is 18.0 Å². The Morgan fingerprint density at radius 1 is 1.48 bits per heavy atom. The minimum atomic E-state index is -1.12. The number of aliphatic carboxylic acids is 1. The fraction of sp³-hybridized carbons (Fsp3) is 0.308. The second-order valence-corrected chi connectivity index (χ2v) is 4.51. The lowest BCUT2D eigenvalue weighted by atomic mass is 10.2. The standard InChI is InChI=1S/C13H16N4O4/c1-8-2-3-10(21-8)6-15-13(20)17-11(12(18)19)4-9-5-14-7-16-9/h2-3,5,7,11H,4,6H2,1H3,(H,14,16)(H,18,19)(H2,15,17,20)/t11-/m1/s1. The highest BCUT2D eigenvalue weighted by Gasteiger charge is 2.20. The summed E-state index contributed by atoms with van der Waals surface area (Å²) in [4.78, 5) is 29.5. The van der Waals surface area contributed by atoms with Gasteiger partial charge in [-0.05, 0) is 19.1 Å². The molecule has 0 fully saturated rings. The molecule has 1 atom stereocenters. The van der Waals surface area contributed by atoms with Crippen molar-refractivity contribution in [1.29, 1.82) is 0 Å². The molecule has 2 aromatic heterocycles. The van der Waals surface area contributed by atoms with Gasteiger partial charge >= 0.3 is 12.0 Å². The molecule has 2 amide bonds. The molecule has 2 aromatic rings. The SMILES string of the molecule is Cc1ccc(CNC(=O)N[C@H](Cc2cnc[nH]2)C(=O)O)o1. The fourth-order valence-corrected chi connectivity index (χ4v) is 1.77. The van der Waals surface area contributed by atoms with Crippen LogP contribution in [0.4, 0.5) is 4.79 Å². The Bertz CT molecular complexity index is 605. The van der Waals surface area contributed by atoms with Crippen LogP contribution in [0.15, 0.2) is 29.1 Å². The number of nitrogens with zero attached hydrogens (tertiary/aromatic N) is 1. The molecule has 0 radical (unpaired) electrons. The molecule has 0 aliphatic heterocycles. The van der Waals surface area contributed by atoms with Crippen LogP contribution >= 0.6 is 0 Å². The second-order valence-electron chi connectivity index (χ2n) is 4.51. The number of amides is 2. The van der Waals surface area contributed by atoms with E-state index in [2.05, 4.69) is 20.6 Å². The zero-order valence-electron chi connectivity index (χ0n) is 11.4. The van der Waals surface area contributed by atoms with E-state index in [1.54, 1.807) is 19.1 Å². The van der Waals surface area contributed by atoms with E-state index in [0.29, 0.717) is 11.5 Å². The van der Waals surface area contributed by atoms with Crippen LogP contribution in [0.25, 0.3) is 0 Å². The van der Waals surface area contributed by atoms with Crippen molar-refractivity contribution in [3.8, 4) is 0 Å². The quantitative estimate of drug-likeness (QED) is 0.628. The third-order valence-corrected chi connectivity index (χ3v) is 2.80. The van der Waals surface area contributed by atoms with Crippen LogP contribution in [0.3, 0.4) is 0 Å². The molecule has 4 N–H and O–H groups in total.